The summed E-state index contributed by atoms with van der Waals surface area (Å²) in [7, 11) is -2.57. The zero-order chi connectivity index (χ0) is 29.4. The number of pyridine rings is 1. The van der Waals surface area contributed by atoms with Crippen molar-refractivity contribution in [2.75, 3.05) is 18.7 Å². The maximum Gasteiger partial charge on any atom is 0.337 e. The minimum absolute atomic E-state index is 0.00171. The van der Waals surface area contributed by atoms with Crippen molar-refractivity contribution in [1.82, 2.24) is 9.71 Å². The van der Waals surface area contributed by atoms with E-state index >= 15 is 0 Å². The Balaban J connectivity index is 1.85. The number of aryl methyl sites for hydroxylation is 1. The Kier molecular flexibility index (Phi) is 7.99. The van der Waals surface area contributed by atoms with Crippen LogP contribution < -0.4 is 15.5 Å². The number of methoxy groups -OCH3 is 1. The first-order valence-corrected chi connectivity index (χ1v) is 14.3. The third-order valence-electron chi connectivity index (χ3n) is 6.13. The number of sulfonamides is 1. The van der Waals surface area contributed by atoms with Gasteiger partial charge in [0.2, 0.25) is 10.0 Å². The molecule has 0 aliphatic carbocycles. The topological polar surface area (TPSA) is 145 Å². The zero-order valence-electron chi connectivity index (χ0n) is 22.3. The van der Waals surface area contributed by atoms with E-state index in [2.05, 4.69) is 10.3 Å². The predicted octanol–water partition coefficient (Wildman–Crippen LogP) is 4.77. The molecule has 2 N–H and O–H groups in total. The average Bonchev–Trinajstić information content (AvgIpc) is 2.90. The van der Waals surface area contributed by atoms with Gasteiger partial charge in [-0.05, 0) is 56.7 Å². The Morgan fingerprint density at radius 3 is 2.50 bits per heavy atom. The van der Waals surface area contributed by atoms with Crippen molar-refractivity contribution in [2.45, 2.75) is 26.8 Å². The molecule has 0 spiro atoms. The van der Waals surface area contributed by atoms with Crippen molar-refractivity contribution >= 4 is 50.2 Å². The molecule has 0 saturated heterocycles. The number of carbonyl (C=O) groups excluding carboxylic acids is 2. The van der Waals surface area contributed by atoms with Crippen LogP contribution in [0.1, 0.15) is 50.5 Å². The summed E-state index contributed by atoms with van der Waals surface area (Å²) in [6, 6.07) is 12.6. The number of amides is 1. The molecule has 0 saturated carbocycles. The molecule has 1 amide bonds. The van der Waals surface area contributed by atoms with E-state index in [1.54, 1.807) is 44.2 Å². The molecule has 4 rings (SSSR count). The monoisotopic (exact) mass is 583 g/mol. The zero-order valence-corrected chi connectivity index (χ0v) is 23.9. The highest BCUT2D eigenvalue weighted by atomic mass is 35.5. The molecule has 40 heavy (non-hydrogen) atoms. The van der Waals surface area contributed by atoms with Crippen molar-refractivity contribution in [2.24, 2.45) is 0 Å². The van der Waals surface area contributed by atoms with E-state index in [0.29, 0.717) is 39.0 Å². The van der Waals surface area contributed by atoms with Crippen LogP contribution in [0.3, 0.4) is 0 Å². The highest BCUT2D eigenvalue weighted by molar-refractivity contribution is 7.89. The van der Waals surface area contributed by atoms with Crippen molar-refractivity contribution in [3.63, 3.8) is 0 Å². The SMILES string of the molecule is COC(=O)c1cccc(-c2oc3c(C(C)Nc4ccc(Cl)nc4C(=O)NS(C)(=O)=O)cc(C)cc3c(=O)c2C)c1. The second kappa shape index (κ2) is 11.1. The summed E-state index contributed by atoms with van der Waals surface area (Å²) >= 11 is 5.99. The number of ether oxygens (including phenoxy) is 1. The van der Waals surface area contributed by atoms with Gasteiger partial charge in [-0.2, -0.15) is 0 Å². The molecule has 10 nitrogen and oxygen atoms in total. The molecule has 0 fully saturated rings. The van der Waals surface area contributed by atoms with Crippen LogP contribution in [-0.4, -0.2) is 38.6 Å². The van der Waals surface area contributed by atoms with Crippen LogP contribution in [0.15, 0.2) is 57.7 Å². The standard InChI is InChI=1S/C28H26ClN3O7S/c1-14-11-19(16(3)30-21-9-10-22(29)31-23(21)27(34)32-40(5,36)37)26-20(12-14)24(33)15(2)25(39-26)17-7-6-8-18(13-17)28(35)38-4/h6-13,16,30H,1-5H3,(H,32,34). The lowest BCUT2D eigenvalue weighted by atomic mass is 9.98. The molecule has 4 aromatic rings. The van der Waals surface area contributed by atoms with Crippen LogP contribution in [0, 0.1) is 13.8 Å². The number of esters is 1. The summed E-state index contributed by atoms with van der Waals surface area (Å²) in [6.45, 7) is 5.28. The normalized spacial score (nSPS) is 12.2. The highest BCUT2D eigenvalue weighted by Crippen LogP contribution is 2.33. The third-order valence-corrected chi connectivity index (χ3v) is 6.90. The Morgan fingerprint density at radius 2 is 1.82 bits per heavy atom. The smallest absolute Gasteiger partial charge is 0.337 e. The maximum atomic E-state index is 13.5. The lowest BCUT2D eigenvalue weighted by Crippen LogP contribution is -2.31. The van der Waals surface area contributed by atoms with Crippen molar-refractivity contribution in [3.05, 3.63) is 91.9 Å². The molecular weight excluding hydrogens is 558 g/mol. The number of aromatic nitrogens is 1. The summed E-state index contributed by atoms with van der Waals surface area (Å²) < 4.78 is 36.3. The van der Waals surface area contributed by atoms with Gasteiger partial charge in [-0.1, -0.05) is 29.8 Å². The quantitative estimate of drug-likeness (QED) is 0.232. The van der Waals surface area contributed by atoms with Crippen molar-refractivity contribution < 1.29 is 27.2 Å². The molecule has 1 atom stereocenters. The summed E-state index contributed by atoms with van der Waals surface area (Å²) in [4.78, 5) is 42.2. The number of hydrogen-bond acceptors (Lipinski definition) is 9. The number of carbonyl (C=O) groups is 2. The van der Waals surface area contributed by atoms with Crippen molar-refractivity contribution in [1.29, 1.82) is 0 Å². The maximum absolute atomic E-state index is 13.5. The van der Waals surface area contributed by atoms with Gasteiger partial charge in [-0.3, -0.25) is 9.59 Å². The Labute approximate surface area is 235 Å². The van der Waals surface area contributed by atoms with Crippen LogP contribution in [-0.2, 0) is 14.8 Å². The van der Waals surface area contributed by atoms with Gasteiger partial charge in [-0.25, -0.2) is 22.9 Å². The Hall–Kier alpha value is -4.22. The number of fused-ring (bicyclic) bond motifs is 1. The molecular formula is C28H26ClN3O7S. The van der Waals surface area contributed by atoms with Crippen LogP contribution in [0.25, 0.3) is 22.3 Å². The molecule has 0 radical (unpaired) electrons. The third kappa shape index (κ3) is 6.00. The molecule has 12 heteroatoms. The fourth-order valence-electron chi connectivity index (χ4n) is 4.32. The molecule has 2 aromatic carbocycles. The highest BCUT2D eigenvalue weighted by Gasteiger charge is 2.23. The van der Waals surface area contributed by atoms with E-state index < -0.39 is 27.9 Å². The number of hydrogen-bond donors (Lipinski definition) is 2. The van der Waals surface area contributed by atoms with E-state index in [9.17, 15) is 22.8 Å². The summed E-state index contributed by atoms with van der Waals surface area (Å²) in [6.07, 6.45) is 0.854. The lowest BCUT2D eigenvalue weighted by molar-refractivity contribution is 0.0600. The summed E-state index contributed by atoms with van der Waals surface area (Å²) in [5.41, 5.74) is 2.65. The minimum atomic E-state index is -3.86. The molecule has 0 aliphatic rings. The van der Waals surface area contributed by atoms with Gasteiger partial charge in [0.25, 0.3) is 5.91 Å². The number of nitrogens with zero attached hydrogens (tertiary/aromatic N) is 1. The largest absolute Gasteiger partial charge is 0.465 e. The first-order valence-electron chi connectivity index (χ1n) is 12.0. The molecule has 2 heterocycles. The van der Waals surface area contributed by atoms with Crippen molar-refractivity contribution in [3.8, 4) is 11.3 Å². The minimum Gasteiger partial charge on any atom is -0.465 e. The molecule has 208 valence electrons. The van der Waals surface area contributed by atoms with Gasteiger partial charge >= 0.3 is 5.97 Å². The van der Waals surface area contributed by atoms with Crippen LogP contribution in [0.2, 0.25) is 5.15 Å². The van der Waals surface area contributed by atoms with Crippen LogP contribution >= 0.6 is 11.6 Å². The second-order valence-corrected chi connectivity index (χ2v) is 11.4. The van der Waals surface area contributed by atoms with E-state index in [0.717, 1.165) is 11.8 Å². The predicted molar refractivity (Wildman–Crippen MR) is 152 cm³/mol. The lowest BCUT2D eigenvalue weighted by Gasteiger charge is -2.20. The number of nitrogens with one attached hydrogen (secondary N) is 2. The molecule has 2 aromatic heterocycles. The first kappa shape index (κ1) is 28.8. The van der Waals surface area contributed by atoms with Gasteiger partial charge in [0.15, 0.2) is 11.1 Å². The van der Waals surface area contributed by atoms with Gasteiger partial charge in [-0.15, -0.1) is 0 Å². The van der Waals surface area contributed by atoms with Crippen LogP contribution in [0.4, 0.5) is 5.69 Å². The summed E-state index contributed by atoms with van der Waals surface area (Å²) in [5, 5.41) is 3.52. The number of halogens is 1. The van der Waals surface area contributed by atoms with Gasteiger partial charge in [0, 0.05) is 16.7 Å². The average molecular weight is 584 g/mol. The number of rotatable bonds is 7. The van der Waals surface area contributed by atoms with E-state index in [1.807, 2.05) is 17.7 Å². The number of benzene rings is 2. The van der Waals surface area contributed by atoms with Gasteiger partial charge in [0.05, 0.1) is 36.0 Å². The molecule has 1 unspecified atom stereocenters. The first-order chi connectivity index (χ1) is 18.8. The molecule has 0 aliphatic heterocycles. The van der Waals surface area contributed by atoms with Gasteiger partial charge < -0.3 is 14.5 Å². The Morgan fingerprint density at radius 1 is 1.10 bits per heavy atom. The Bertz CT molecular complexity index is 1830. The fourth-order valence-corrected chi connectivity index (χ4v) is 4.90. The second-order valence-electron chi connectivity index (χ2n) is 9.29. The van der Waals surface area contributed by atoms with E-state index in [4.69, 9.17) is 20.8 Å². The fraction of sp³-hybridized carbons (Fsp3) is 0.214. The van der Waals surface area contributed by atoms with Gasteiger partial charge in [0.1, 0.15) is 16.5 Å². The van der Waals surface area contributed by atoms with Crippen LogP contribution in [0.5, 0.6) is 0 Å². The van der Waals surface area contributed by atoms with E-state index in [1.165, 1.54) is 19.2 Å². The number of anilines is 1. The molecule has 0 bridgehead atoms. The summed E-state index contributed by atoms with van der Waals surface area (Å²) in [5.74, 6) is -1.19. The van der Waals surface area contributed by atoms with E-state index in [-0.39, 0.29) is 22.0 Å².